The summed E-state index contributed by atoms with van der Waals surface area (Å²) in [4.78, 5) is 18.3. The fourth-order valence-corrected chi connectivity index (χ4v) is 1.79. The Bertz CT molecular complexity index is 557. The van der Waals surface area contributed by atoms with E-state index < -0.39 is 0 Å². The lowest BCUT2D eigenvalue weighted by Crippen LogP contribution is -2.12. The van der Waals surface area contributed by atoms with Gasteiger partial charge in [-0.1, -0.05) is 12.1 Å². The zero-order valence-corrected chi connectivity index (χ0v) is 9.99. The SMILES string of the molecule is CCc1oncc1CCc1nc(C)cc(=O)[nH]1. The highest BCUT2D eigenvalue weighted by Crippen LogP contribution is 2.10. The zero-order chi connectivity index (χ0) is 12.3. The largest absolute Gasteiger partial charge is 0.361 e. The molecule has 2 rings (SSSR count). The van der Waals surface area contributed by atoms with Crippen molar-refractivity contribution in [1.82, 2.24) is 15.1 Å². The first kappa shape index (κ1) is 11.6. The minimum Gasteiger partial charge on any atom is -0.361 e. The van der Waals surface area contributed by atoms with Crippen LogP contribution in [0.15, 0.2) is 21.6 Å². The van der Waals surface area contributed by atoms with E-state index in [1.165, 1.54) is 6.07 Å². The van der Waals surface area contributed by atoms with Crippen LogP contribution >= 0.6 is 0 Å². The molecule has 0 radical (unpaired) electrons. The van der Waals surface area contributed by atoms with Crippen LogP contribution in [0.25, 0.3) is 0 Å². The Labute approximate surface area is 98.9 Å². The summed E-state index contributed by atoms with van der Waals surface area (Å²) in [5, 5.41) is 3.77. The third-order valence-corrected chi connectivity index (χ3v) is 2.60. The first-order chi connectivity index (χ1) is 8.19. The van der Waals surface area contributed by atoms with Crippen molar-refractivity contribution >= 4 is 0 Å². The summed E-state index contributed by atoms with van der Waals surface area (Å²) in [5.74, 6) is 1.61. The molecule has 5 heteroatoms. The summed E-state index contributed by atoms with van der Waals surface area (Å²) in [5.41, 5.74) is 1.72. The fraction of sp³-hybridized carbons (Fsp3) is 0.417. The van der Waals surface area contributed by atoms with E-state index in [0.717, 1.165) is 29.9 Å². The number of nitrogens with one attached hydrogen (secondary N) is 1. The lowest BCUT2D eigenvalue weighted by atomic mass is 10.1. The van der Waals surface area contributed by atoms with Crippen LogP contribution in [-0.4, -0.2) is 15.1 Å². The van der Waals surface area contributed by atoms with Crippen molar-refractivity contribution in [3.05, 3.63) is 45.5 Å². The van der Waals surface area contributed by atoms with Gasteiger partial charge in [0.05, 0.1) is 6.20 Å². The second-order valence-electron chi connectivity index (χ2n) is 3.96. The normalized spacial score (nSPS) is 10.7. The molecule has 17 heavy (non-hydrogen) atoms. The summed E-state index contributed by atoms with van der Waals surface area (Å²) in [6, 6.07) is 1.49. The molecule has 0 aliphatic heterocycles. The van der Waals surface area contributed by atoms with Crippen LogP contribution in [0.5, 0.6) is 0 Å². The van der Waals surface area contributed by atoms with Crippen LogP contribution in [-0.2, 0) is 19.3 Å². The van der Waals surface area contributed by atoms with Crippen molar-refractivity contribution in [3.63, 3.8) is 0 Å². The number of nitrogens with zero attached hydrogens (tertiary/aromatic N) is 2. The van der Waals surface area contributed by atoms with Crippen molar-refractivity contribution in [3.8, 4) is 0 Å². The molecule has 0 aliphatic rings. The fourth-order valence-electron chi connectivity index (χ4n) is 1.79. The van der Waals surface area contributed by atoms with E-state index in [-0.39, 0.29) is 5.56 Å². The quantitative estimate of drug-likeness (QED) is 0.866. The molecule has 0 aromatic carbocycles. The van der Waals surface area contributed by atoms with Crippen LogP contribution < -0.4 is 5.56 Å². The molecule has 0 bridgehead atoms. The van der Waals surface area contributed by atoms with E-state index in [0.29, 0.717) is 12.2 Å². The maximum absolute atomic E-state index is 11.3. The molecule has 0 aliphatic carbocycles. The Hall–Kier alpha value is -1.91. The molecule has 0 unspecified atom stereocenters. The topological polar surface area (TPSA) is 71.8 Å². The average Bonchev–Trinajstić information content (AvgIpc) is 2.72. The van der Waals surface area contributed by atoms with Gasteiger partial charge in [0.15, 0.2) is 0 Å². The van der Waals surface area contributed by atoms with Crippen LogP contribution in [0.1, 0.15) is 29.8 Å². The first-order valence-corrected chi connectivity index (χ1v) is 5.68. The first-order valence-electron chi connectivity index (χ1n) is 5.68. The second kappa shape index (κ2) is 4.95. The Morgan fingerprint density at radius 2 is 2.24 bits per heavy atom. The van der Waals surface area contributed by atoms with Gasteiger partial charge in [0.2, 0.25) is 0 Å². The second-order valence-corrected chi connectivity index (χ2v) is 3.96. The molecule has 0 spiro atoms. The minimum atomic E-state index is -0.103. The van der Waals surface area contributed by atoms with Gasteiger partial charge in [-0.2, -0.15) is 0 Å². The molecule has 90 valence electrons. The third kappa shape index (κ3) is 2.81. The predicted molar refractivity (Wildman–Crippen MR) is 62.9 cm³/mol. The van der Waals surface area contributed by atoms with Gasteiger partial charge in [0.25, 0.3) is 5.56 Å². The van der Waals surface area contributed by atoms with Crippen LogP contribution in [0.4, 0.5) is 0 Å². The molecule has 0 saturated carbocycles. The van der Waals surface area contributed by atoms with E-state index in [2.05, 4.69) is 15.1 Å². The lowest BCUT2D eigenvalue weighted by Gasteiger charge is -2.01. The summed E-state index contributed by atoms with van der Waals surface area (Å²) in [7, 11) is 0. The smallest absolute Gasteiger partial charge is 0.251 e. The number of H-pyrrole nitrogens is 1. The van der Waals surface area contributed by atoms with Gasteiger partial charge in [-0.05, 0) is 13.3 Å². The van der Waals surface area contributed by atoms with Gasteiger partial charge >= 0.3 is 0 Å². The Morgan fingerprint density at radius 3 is 2.94 bits per heavy atom. The number of aromatic nitrogens is 3. The zero-order valence-electron chi connectivity index (χ0n) is 9.99. The molecular formula is C12H15N3O2. The Morgan fingerprint density at radius 1 is 1.41 bits per heavy atom. The predicted octanol–water partition coefficient (Wildman–Crippen LogP) is 1.41. The standard InChI is InChI=1S/C12H15N3O2/c1-3-10-9(7-13-17-10)4-5-11-14-8(2)6-12(16)15-11/h6-7H,3-5H2,1-2H3,(H,14,15,16). The third-order valence-electron chi connectivity index (χ3n) is 2.60. The highest BCUT2D eigenvalue weighted by molar-refractivity contribution is 5.14. The van der Waals surface area contributed by atoms with Gasteiger partial charge in [-0.25, -0.2) is 4.98 Å². The van der Waals surface area contributed by atoms with Crippen LogP contribution in [0.3, 0.4) is 0 Å². The summed E-state index contributed by atoms with van der Waals surface area (Å²) in [6.07, 6.45) is 4.02. The number of aromatic amines is 1. The van der Waals surface area contributed by atoms with Crippen molar-refractivity contribution in [2.24, 2.45) is 0 Å². The highest BCUT2D eigenvalue weighted by Gasteiger charge is 2.07. The van der Waals surface area contributed by atoms with Crippen molar-refractivity contribution < 1.29 is 4.52 Å². The highest BCUT2D eigenvalue weighted by atomic mass is 16.5. The maximum atomic E-state index is 11.3. The molecular weight excluding hydrogens is 218 g/mol. The molecule has 0 fully saturated rings. The number of hydrogen-bond acceptors (Lipinski definition) is 4. The van der Waals surface area contributed by atoms with Crippen molar-refractivity contribution in [1.29, 1.82) is 0 Å². The van der Waals surface area contributed by atoms with Gasteiger partial charge in [0.1, 0.15) is 11.6 Å². The lowest BCUT2D eigenvalue weighted by molar-refractivity contribution is 0.385. The van der Waals surface area contributed by atoms with Crippen molar-refractivity contribution in [2.45, 2.75) is 33.1 Å². The molecule has 5 nitrogen and oxygen atoms in total. The molecule has 2 aromatic rings. The summed E-state index contributed by atoms with van der Waals surface area (Å²) < 4.78 is 5.11. The number of aryl methyl sites for hydroxylation is 4. The van der Waals surface area contributed by atoms with E-state index in [1.54, 1.807) is 6.20 Å². The van der Waals surface area contributed by atoms with E-state index in [9.17, 15) is 4.79 Å². The van der Waals surface area contributed by atoms with Crippen molar-refractivity contribution in [2.75, 3.05) is 0 Å². The summed E-state index contributed by atoms with van der Waals surface area (Å²) >= 11 is 0. The maximum Gasteiger partial charge on any atom is 0.251 e. The van der Waals surface area contributed by atoms with Crippen LogP contribution in [0, 0.1) is 6.92 Å². The van der Waals surface area contributed by atoms with Gasteiger partial charge in [-0.3, -0.25) is 4.79 Å². The van der Waals surface area contributed by atoms with E-state index in [1.807, 2.05) is 13.8 Å². The van der Waals surface area contributed by atoms with Gasteiger partial charge < -0.3 is 9.51 Å². The Kier molecular flexibility index (Phi) is 3.37. The molecule has 0 atom stereocenters. The number of rotatable bonds is 4. The molecule has 0 saturated heterocycles. The van der Waals surface area contributed by atoms with Crippen LogP contribution in [0.2, 0.25) is 0 Å². The Balaban J connectivity index is 2.09. The number of hydrogen-bond donors (Lipinski definition) is 1. The van der Waals surface area contributed by atoms with E-state index >= 15 is 0 Å². The monoisotopic (exact) mass is 233 g/mol. The van der Waals surface area contributed by atoms with E-state index in [4.69, 9.17) is 4.52 Å². The average molecular weight is 233 g/mol. The molecule has 2 aromatic heterocycles. The van der Waals surface area contributed by atoms with Gasteiger partial charge in [0, 0.05) is 30.2 Å². The molecule has 2 heterocycles. The molecule has 1 N–H and O–H groups in total. The molecule has 0 amide bonds. The summed E-state index contributed by atoms with van der Waals surface area (Å²) in [6.45, 7) is 3.84. The minimum absolute atomic E-state index is 0.103. The van der Waals surface area contributed by atoms with Gasteiger partial charge in [-0.15, -0.1) is 0 Å².